The van der Waals surface area contributed by atoms with Crippen molar-refractivity contribution in [3.8, 4) is 0 Å². The molecule has 118 valence electrons. The maximum atomic E-state index is 11.7. The van der Waals surface area contributed by atoms with Gasteiger partial charge in [0.1, 0.15) is 0 Å². The Kier molecular flexibility index (Phi) is 4.61. The molecule has 2 aliphatic rings. The minimum Gasteiger partial charge on any atom is -0.356 e. The Morgan fingerprint density at radius 2 is 2.05 bits per heavy atom. The van der Waals surface area contributed by atoms with Gasteiger partial charge in [-0.25, -0.2) is 0 Å². The molecule has 1 amide bonds. The van der Waals surface area contributed by atoms with Gasteiger partial charge >= 0.3 is 0 Å². The molecular formula is C17H24N4O. The number of carbonyl (C=O) groups excluding carboxylic acids is 1. The van der Waals surface area contributed by atoms with Crippen molar-refractivity contribution in [1.29, 1.82) is 0 Å². The van der Waals surface area contributed by atoms with Crippen LogP contribution in [0.3, 0.4) is 0 Å². The Balaban J connectivity index is 1.50. The van der Waals surface area contributed by atoms with Crippen LogP contribution in [0, 0.1) is 5.92 Å². The van der Waals surface area contributed by atoms with Crippen molar-refractivity contribution in [1.82, 2.24) is 10.6 Å². The SMILES string of the molecule is CN=C(NCc1ccc(N2CCCC2=O)cc1)NCC1CC1. The molecule has 0 atom stereocenters. The minimum atomic E-state index is 0.232. The zero-order chi connectivity index (χ0) is 15.4. The van der Waals surface area contributed by atoms with Crippen molar-refractivity contribution in [3.63, 3.8) is 0 Å². The lowest BCUT2D eigenvalue weighted by Crippen LogP contribution is -2.37. The van der Waals surface area contributed by atoms with E-state index in [0.29, 0.717) is 6.42 Å². The summed E-state index contributed by atoms with van der Waals surface area (Å²) in [6, 6.07) is 8.20. The average molecular weight is 300 g/mol. The van der Waals surface area contributed by atoms with Crippen molar-refractivity contribution in [2.24, 2.45) is 10.9 Å². The normalized spacial score (nSPS) is 18.7. The summed E-state index contributed by atoms with van der Waals surface area (Å²) >= 11 is 0. The number of benzene rings is 1. The van der Waals surface area contributed by atoms with E-state index in [-0.39, 0.29) is 5.91 Å². The summed E-state index contributed by atoms with van der Waals surface area (Å²) in [5.41, 5.74) is 2.19. The van der Waals surface area contributed by atoms with Gasteiger partial charge in [-0.3, -0.25) is 9.79 Å². The monoisotopic (exact) mass is 300 g/mol. The molecule has 1 saturated heterocycles. The van der Waals surface area contributed by atoms with Crippen LogP contribution in [0.25, 0.3) is 0 Å². The Morgan fingerprint density at radius 3 is 2.64 bits per heavy atom. The molecule has 0 bridgehead atoms. The lowest BCUT2D eigenvalue weighted by molar-refractivity contribution is -0.117. The first-order valence-electron chi connectivity index (χ1n) is 8.10. The first-order valence-corrected chi connectivity index (χ1v) is 8.10. The summed E-state index contributed by atoms with van der Waals surface area (Å²) < 4.78 is 0. The molecule has 5 nitrogen and oxygen atoms in total. The lowest BCUT2D eigenvalue weighted by atomic mass is 10.2. The van der Waals surface area contributed by atoms with Crippen LogP contribution < -0.4 is 15.5 Å². The molecule has 1 aliphatic heterocycles. The van der Waals surface area contributed by atoms with E-state index in [9.17, 15) is 4.79 Å². The Labute approximate surface area is 131 Å². The molecule has 22 heavy (non-hydrogen) atoms. The second kappa shape index (κ2) is 6.81. The van der Waals surface area contributed by atoms with Gasteiger partial charge in [0.15, 0.2) is 5.96 Å². The van der Waals surface area contributed by atoms with Gasteiger partial charge in [-0.2, -0.15) is 0 Å². The third-order valence-electron chi connectivity index (χ3n) is 4.26. The number of rotatable bonds is 5. The highest BCUT2D eigenvalue weighted by Gasteiger charge is 2.22. The van der Waals surface area contributed by atoms with E-state index in [2.05, 4.69) is 27.8 Å². The molecule has 5 heteroatoms. The van der Waals surface area contributed by atoms with Gasteiger partial charge in [-0.15, -0.1) is 0 Å². The number of anilines is 1. The number of hydrogen-bond acceptors (Lipinski definition) is 2. The summed E-state index contributed by atoms with van der Waals surface area (Å²) in [7, 11) is 1.80. The highest BCUT2D eigenvalue weighted by molar-refractivity contribution is 5.95. The van der Waals surface area contributed by atoms with E-state index in [1.54, 1.807) is 7.05 Å². The second-order valence-corrected chi connectivity index (χ2v) is 6.07. The van der Waals surface area contributed by atoms with E-state index in [4.69, 9.17) is 0 Å². The van der Waals surface area contributed by atoms with Crippen LogP contribution in [-0.2, 0) is 11.3 Å². The van der Waals surface area contributed by atoms with Crippen molar-refractivity contribution >= 4 is 17.6 Å². The predicted molar refractivity (Wildman–Crippen MR) is 89.0 cm³/mol. The van der Waals surface area contributed by atoms with Crippen LogP contribution >= 0.6 is 0 Å². The average Bonchev–Trinajstić information content (AvgIpc) is 3.28. The van der Waals surface area contributed by atoms with Gasteiger partial charge in [0.2, 0.25) is 5.91 Å². The molecule has 3 rings (SSSR count). The lowest BCUT2D eigenvalue weighted by Gasteiger charge is -2.16. The Bertz CT molecular complexity index is 548. The molecule has 0 radical (unpaired) electrons. The molecule has 1 heterocycles. The molecule has 0 aromatic heterocycles. The van der Waals surface area contributed by atoms with Crippen LogP contribution in [0.5, 0.6) is 0 Å². The Hall–Kier alpha value is -2.04. The van der Waals surface area contributed by atoms with Gasteiger partial charge < -0.3 is 15.5 Å². The quantitative estimate of drug-likeness (QED) is 0.645. The maximum Gasteiger partial charge on any atom is 0.227 e. The van der Waals surface area contributed by atoms with Crippen LogP contribution in [0.2, 0.25) is 0 Å². The van der Waals surface area contributed by atoms with Gasteiger partial charge in [0.05, 0.1) is 0 Å². The van der Waals surface area contributed by atoms with E-state index >= 15 is 0 Å². The molecule has 2 N–H and O–H groups in total. The topological polar surface area (TPSA) is 56.7 Å². The van der Waals surface area contributed by atoms with Gasteiger partial charge in [0.25, 0.3) is 0 Å². The zero-order valence-corrected chi connectivity index (χ0v) is 13.1. The third kappa shape index (κ3) is 3.78. The minimum absolute atomic E-state index is 0.232. The molecule has 1 aromatic carbocycles. The van der Waals surface area contributed by atoms with Crippen molar-refractivity contribution in [2.45, 2.75) is 32.2 Å². The summed E-state index contributed by atoms with van der Waals surface area (Å²) in [5, 5.41) is 6.67. The summed E-state index contributed by atoms with van der Waals surface area (Å²) in [5.74, 6) is 1.91. The second-order valence-electron chi connectivity index (χ2n) is 6.07. The smallest absolute Gasteiger partial charge is 0.227 e. The predicted octanol–water partition coefficient (Wildman–Crippen LogP) is 1.89. The van der Waals surface area contributed by atoms with Gasteiger partial charge in [0, 0.05) is 38.8 Å². The highest BCUT2D eigenvalue weighted by atomic mass is 16.2. The zero-order valence-electron chi connectivity index (χ0n) is 13.1. The molecule has 0 unspecified atom stereocenters. The number of nitrogens with zero attached hydrogens (tertiary/aromatic N) is 2. The fourth-order valence-electron chi connectivity index (χ4n) is 2.68. The number of amides is 1. The van der Waals surface area contributed by atoms with E-state index in [1.165, 1.54) is 18.4 Å². The first-order chi connectivity index (χ1) is 10.8. The van der Waals surface area contributed by atoms with E-state index < -0.39 is 0 Å². The molecule has 1 saturated carbocycles. The summed E-state index contributed by atoms with van der Waals surface area (Å²) in [6.07, 6.45) is 4.30. The summed E-state index contributed by atoms with van der Waals surface area (Å²) in [6.45, 7) is 2.59. The Morgan fingerprint density at radius 1 is 1.27 bits per heavy atom. The number of aliphatic imine (C=N–C) groups is 1. The molecular weight excluding hydrogens is 276 g/mol. The fraction of sp³-hybridized carbons (Fsp3) is 0.529. The van der Waals surface area contributed by atoms with Gasteiger partial charge in [-0.1, -0.05) is 12.1 Å². The summed E-state index contributed by atoms with van der Waals surface area (Å²) in [4.78, 5) is 17.8. The number of hydrogen-bond donors (Lipinski definition) is 2. The first kappa shape index (κ1) is 14.9. The molecule has 1 aromatic rings. The highest BCUT2D eigenvalue weighted by Crippen LogP contribution is 2.27. The molecule has 0 spiro atoms. The van der Waals surface area contributed by atoms with E-state index in [1.807, 2.05) is 17.0 Å². The number of guanidine groups is 1. The van der Waals surface area contributed by atoms with Crippen LogP contribution in [0.15, 0.2) is 29.3 Å². The van der Waals surface area contributed by atoms with Gasteiger partial charge in [-0.05, 0) is 42.9 Å². The van der Waals surface area contributed by atoms with Crippen molar-refractivity contribution in [2.75, 3.05) is 25.0 Å². The largest absolute Gasteiger partial charge is 0.356 e. The number of nitrogens with one attached hydrogen (secondary N) is 2. The maximum absolute atomic E-state index is 11.7. The number of carbonyl (C=O) groups is 1. The van der Waals surface area contributed by atoms with Crippen molar-refractivity contribution < 1.29 is 4.79 Å². The molecule has 2 fully saturated rings. The third-order valence-corrected chi connectivity index (χ3v) is 4.26. The van der Waals surface area contributed by atoms with Crippen LogP contribution in [-0.4, -0.2) is 32.0 Å². The van der Waals surface area contributed by atoms with Crippen molar-refractivity contribution in [3.05, 3.63) is 29.8 Å². The standard InChI is InChI=1S/C17H24N4O/c1-18-17(19-11-13-4-5-13)20-12-14-6-8-15(9-7-14)21-10-2-3-16(21)22/h6-9,13H,2-5,10-12H2,1H3,(H2,18,19,20). The van der Waals surface area contributed by atoms with Crippen LogP contribution in [0.4, 0.5) is 5.69 Å². The fourth-order valence-corrected chi connectivity index (χ4v) is 2.68. The van der Waals surface area contributed by atoms with E-state index in [0.717, 1.165) is 43.6 Å². The van der Waals surface area contributed by atoms with Crippen LogP contribution in [0.1, 0.15) is 31.2 Å². The molecule has 1 aliphatic carbocycles.